The first-order valence-corrected chi connectivity index (χ1v) is 13.5. The smallest absolute Gasteiger partial charge is 0.337 e. The van der Waals surface area contributed by atoms with Gasteiger partial charge in [0.25, 0.3) is 0 Å². The number of methoxy groups -OCH3 is 1. The molecule has 14 heteroatoms. The number of amides is 2. The molecule has 3 rings (SSSR count). The van der Waals surface area contributed by atoms with Crippen LogP contribution in [0.3, 0.4) is 0 Å². The molecular weight excluding hydrogens is 654 g/mol. The third-order valence-corrected chi connectivity index (χ3v) is 6.46. The first-order valence-electron chi connectivity index (χ1n) is 11.9. The molecule has 2 aromatic carbocycles. The second kappa shape index (κ2) is 14.5. The van der Waals surface area contributed by atoms with Gasteiger partial charge >= 0.3 is 12.0 Å². The summed E-state index contributed by atoms with van der Waals surface area (Å²) < 4.78 is 23.2. The van der Waals surface area contributed by atoms with Crippen LogP contribution in [-0.2, 0) is 9.53 Å². The van der Waals surface area contributed by atoms with Crippen molar-refractivity contribution in [1.29, 1.82) is 5.26 Å². The van der Waals surface area contributed by atoms with Crippen LogP contribution >= 0.6 is 31.9 Å². The van der Waals surface area contributed by atoms with E-state index >= 15 is 0 Å². The van der Waals surface area contributed by atoms with E-state index in [2.05, 4.69) is 53.0 Å². The average Bonchev–Trinajstić information content (AvgIpc) is 2.91. The minimum absolute atomic E-state index is 0.143. The Hall–Kier alpha value is -3.80. The van der Waals surface area contributed by atoms with Gasteiger partial charge in [0.1, 0.15) is 18.4 Å². The summed E-state index contributed by atoms with van der Waals surface area (Å²) in [4.78, 5) is 24.5. The van der Waals surface area contributed by atoms with Crippen molar-refractivity contribution in [2.45, 2.75) is 26.1 Å². The van der Waals surface area contributed by atoms with Gasteiger partial charge in [-0.05, 0) is 59.6 Å². The lowest BCUT2D eigenvalue weighted by Crippen LogP contribution is -2.45. The summed E-state index contributed by atoms with van der Waals surface area (Å²) in [6, 6.07) is 9.15. The summed E-state index contributed by atoms with van der Waals surface area (Å²) in [6.07, 6.45) is 0.248. The number of aliphatic hydroxyl groups excluding tert-OH is 1. The van der Waals surface area contributed by atoms with E-state index in [1.54, 1.807) is 44.2 Å². The highest BCUT2D eigenvalue weighted by atomic mass is 79.9. The van der Waals surface area contributed by atoms with Gasteiger partial charge in [-0.2, -0.15) is 10.4 Å². The van der Waals surface area contributed by atoms with Gasteiger partial charge in [0.2, 0.25) is 0 Å². The number of carbonyl (C=O) groups excluding carboxylic acids is 2. The molecule has 4 N–H and O–H groups in total. The van der Waals surface area contributed by atoms with Crippen LogP contribution < -0.4 is 30.3 Å². The number of carbonyl (C=O) groups is 2. The number of rotatable bonds is 12. The third kappa shape index (κ3) is 7.87. The van der Waals surface area contributed by atoms with E-state index in [0.717, 1.165) is 4.47 Å². The minimum atomic E-state index is -1.19. The van der Waals surface area contributed by atoms with Crippen molar-refractivity contribution < 1.29 is 33.6 Å². The standard InChI is InChI=1S/C26H27Br2N5O7/c1-4-38-20-10-15(23-22(25(35)37-3)14(2)31-26(36)32-23)5-6-19(20)40-13-21(34)33-30-12-16-9-17(27)11-18(28)24(16)39-8-7-29/h5-6,9-12,21,23,33-34H,4,8,13H2,1-3H3,(H2,31,32,36)/b30-12+/t21-,23-/m0/s1. The summed E-state index contributed by atoms with van der Waals surface area (Å²) in [5, 5.41) is 28.5. The quantitative estimate of drug-likeness (QED) is 0.113. The van der Waals surface area contributed by atoms with Crippen molar-refractivity contribution in [3.05, 3.63) is 61.7 Å². The summed E-state index contributed by atoms with van der Waals surface area (Å²) >= 11 is 6.79. The Bertz CT molecular complexity index is 1360. The fraction of sp³-hybridized carbons (Fsp3) is 0.308. The highest BCUT2D eigenvalue weighted by molar-refractivity contribution is 9.11. The second-order valence-corrected chi connectivity index (χ2v) is 9.94. The maximum absolute atomic E-state index is 12.4. The van der Waals surface area contributed by atoms with Crippen LogP contribution in [-0.4, -0.2) is 56.5 Å². The normalized spacial score (nSPS) is 15.5. The number of halogens is 2. The SMILES string of the molecule is CCOc1cc([C@@H]2NC(=O)NC(C)=C2C(=O)OC)ccc1OC[C@H](O)N/N=C/c1cc(Br)cc(Br)c1OCC#N. The number of aliphatic hydroxyl groups is 1. The summed E-state index contributed by atoms with van der Waals surface area (Å²) in [7, 11) is 1.27. The highest BCUT2D eigenvalue weighted by Gasteiger charge is 2.32. The topological polar surface area (TPSA) is 164 Å². The first-order chi connectivity index (χ1) is 19.2. The van der Waals surface area contributed by atoms with Crippen molar-refractivity contribution >= 4 is 50.1 Å². The lowest BCUT2D eigenvalue weighted by Gasteiger charge is -2.28. The largest absolute Gasteiger partial charge is 0.490 e. The van der Waals surface area contributed by atoms with Gasteiger partial charge in [-0.15, -0.1) is 0 Å². The van der Waals surface area contributed by atoms with Crippen molar-refractivity contribution in [3.63, 3.8) is 0 Å². The highest BCUT2D eigenvalue weighted by Crippen LogP contribution is 2.35. The number of nitrogens with one attached hydrogen (secondary N) is 3. The zero-order valence-electron chi connectivity index (χ0n) is 21.8. The molecule has 0 spiro atoms. The van der Waals surface area contributed by atoms with Crippen molar-refractivity contribution in [3.8, 4) is 23.3 Å². The van der Waals surface area contributed by atoms with Crippen LogP contribution in [0.4, 0.5) is 4.79 Å². The van der Waals surface area contributed by atoms with E-state index in [-0.39, 0.29) is 18.8 Å². The molecule has 1 aliphatic heterocycles. The molecule has 0 unspecified atom stereocenters. The predicted octanol–water partition coefficient (Wildman–Crippen LogP) is 3.63. The number of hydrazone groups is 1. The zero-order valence-corrected chi connectivity index (χ0v) is 25.0. The Balaban J connectivity index is 1.72. The number of esters is 1. The van der Waals surface area contributed by atoms with E-state index in [9.17, 15) is 14.7 Å². The van der Waals surface area contributed by atoms with E-state index in [4.69, 9.17) is 24.2 Å². The maximum atomic E-state index is 12.4. The van der Waals surface area contributed by atoms with Crippen LogP contribution in [0.1, 0.15) is 31.0 Å². The Morgan fingerprint density at radius 1 is 1.25 bits per heavy atom. The molecule has 0 radical (unpaired) electrons. The molecule has 212 valence electrons. The van der Waals surface area contributed by atoms with Gasteiger partial charge < -0.3 is 34.7 Å². The molecule has 1 heterocycles. The molecule has 0 fully saturated rings. The third-order valence-electron chi connectivity index (χ3n) is 5.42. The van der Waals surface area contributed by atoms with Crippen LogP contribution in [0.5, 0.6) is 17.2 Å². The fourth-order valence-electron chi connectivity index (χ4n) is 3.75. The fourth-order valence-corrected chi connectivity index (χ4v) is 5.12. The number of allylic oxidation sites excluding steroid dienone is 1. The molecule has 0 bridgehead atoms. The number of benzene rings is 2. The van der Waals surface area contributed by atoms with Gasteiger partial charge in [0.15, 0.2) is 24.3 Å². The lowest BCUT2D eigenvalue weighted by molar-refractivity contribution is -0.136. The second-order valence-electron chi connectivity index (χ2n) is 8.17. The number of hydrogen-bond donors (Lipinski definition) is 4. The molecule has 0 saturated heterocycles. The Morgan fingerprint density at radius 2 is 2.02 bits per heavy atom. The van der Waals surface area contributed by atoms with E-state index < -0.39 is 24.3 Å². The Morgan fingerprint density at radius 3 is 2.73 bits per heavy atom. The van der Waals surface area contributed by atoms with Crippen LogP contribution in [0.25, 0.3) is 0 Å². The molecule has 12 nitrogen and oxygen atoms in total. The summed E-state index contributed by atoms with van der Waals surface area (Å²) in [6.45, 7) is 3.40. The number of urea groups is 1. The molecule has 0 saturated carbocycles. The zero-order chi connectivity index (χ0) is 29.2. The molecule has 2 amide bonds. The molecular formula is C26H27Br2N5O7. The predicted molar refractivity (Wildman–Crippen MR) is 152 cm³/mol. The Labute approximate surface area is 247 Å². The number of nitrogens with zero attached hydrogens (tertiary/aromatic N) is 2. The lowest BCUT2D eigenvalue weighted by atomic mass is 9.95. The number of hydrogen-bond acceptors (Lipinski definition) is 10. The number of nitriles is 1. The maximum Gasteiger partial charge on any atom is 0.337 e. The van der Waals surface area contributed by atoms with Crippen molar-refractivity contribution in [1.82, 2.24) is 16.1 Å². The van der Waals surface area contributed by atoms with Gasteiger partial charge in [-0.1, -0.05) is 22.0 Å². The van der Waals surface area contributed by atoms with Crippen LogP contribution in [0.15, 0.2) is 55.6 Å². The molecule has 2 atom stereocenters. The Kier molecular flexibility index (Phi) is 11.2. The molecule has 1 aliphatic rings. The van der Waals surface area contributed by atoms with Gasteiger partial charge in [0.05, 0.1) is 36.0 Å². The van der Waals surface area contributed by atoms with Crippen LogP contribution in [0.2, 0.25) is 0 Å². The van der Waals surface area contributed by atoms with Crippen molar-refractivity contribution in [2.75, 3.05) is 26.9 Å². The number of ether oxygens (including phenoxy) is 4. The summed E-state index contributed by atoms with van der Waals surface area (Å²) in [5.74, 6) is 0.526. The average molecular weight is 681 g/mol. The minimum Gasteiger partial charge on any atom is -0.490 e. The van der Waals surface area contributed by atoms with E-state index in [1.807, 2.05) is 6.07 Å². The van der Waals surface area contributed by atoms with Crippen LogP contribution in [0, 0.1) is 11.3 Å². The van der Waals surface area contributed by atoms with Gasteiger partial charge in [-0.25, -0.2) is 9.59 Å². The molecule has 40 heavy (non-hydrogen) atoms. The van der Waals surface area contributed by atoms with E-state index in [0.29, 0.717) is 45.2 Å². The first kappa shape index (κ1) is 30.7. The van der Waals surface area contributed by atoms with Gasteiger partial charge in [-0.3, -0.25) is 5.43 Å². The molecule has 2 aromatic rings. The van der Waals surface area contributed by atoms with Crippen molar-refractivity contribution in [2.24, 2.45) is 5.10 Å². The molecule has 0 aromatic heterocycles. The van der Waals surface area contributed by atoms with E-state index in [1.165, 1.54) is 13.3 Å². The summed E-state index contributed by atoms with van der Waals surface area (Å²) in [5.41, 5.74) is 4.34. The monoisotopic (exact) mass is 679 g/mol. The molecule has 0 aliphatic carbocycles. The van der Waals surface area contributed by atoms with Gasteiger partial charge in [0, 0.05) is 15.7 Å².